The van der Waals surface area contributed by atoms with Crippen LogP contribution in [-0.2, 0) is 19.4 Å². The Kier molecular flexibility index (Phi) is 8.56. The molecule has 1 aliphatic heterocycles. The van der Waals surface area contributed by atoms with Gasteiger partial charge in [-0.15, -0.1) is 24.8 Å². The van der Waals surface area contributed by atoms with Crippen LogP contribution >= 0.6 is 24.8 Å². The van der Waals surface area contributed by atoms with E-state index in [0.717, 1.165) is 30.5 Å². The number of nitrogens with two attached hydrogens (primary N) is 2. The molecule has 0 aliphatic carbocycles. The van der Waals surface area contributed by atoms with Crippen molar-refractivity contribution >= 4 is 35.7 Å². The first-order valence-corrected chi connectivity index (χ1v) is 10.00. The Morgan fingerprint density at radius 3 is 2.38 bits per heavy atom. The Labute approximate surface area is 185 Å². The maximum Gasteiger partial charge on any atom is 0.0485 e. The molecule has 2 heterocycles. The van der Waals surface area contributed by atoms with Gasteiger partial charge in [-0.3, -0.25) is 0 Å². The summed E-state index contributed by atoms with van der Waals surface area (Å²) < 4.78 is 2.46. The van der Waals surface area contributed by atoms with Crippen molar-refractivity contribution in [2.75, 3.05) is 6.61 Å². The molecule has 1 aromatic heterocycles. The second kappa shape index (κ2) is 10.5. The van der Waals surface area contributed by atoms with E-state index in [0.29, 0.717) is 6.42 Å². The summed E-state index contributed by atoms with van der Waals surface area (Å²) in [6, 6.07) is 16.7. The van der Waals surface area contributed by atoms with E-state index in [1.165, 1.54) is 35.0 Å². The number of fused-ring (bicyclic) bond motifs is 3. The van der Waals surface area contributed by atoms with Crippen molar-refractivity contribution in [3.63, 3.8) is 0 Å². The summed E-state index contributed by atoms with van der Waals surface area (Å²) in [6.07, 6.45) is 4.97. The molecule has 6 heteroatoms. The number of nitrogens with zero attached hydrogens (tertiary/aromatic N) is 1. The van der Waals surface area contributed by atoms with E-state index in [1.54, 1.807) is 0 Å². The number of aryl methyl sites for hydroxylation is 1. The third-order valence-electron chi connectivity index (χ3n) is 5.85. The SMILES string of the molecule is Cl.Cl.NC(CC(N)c1c2n(c3ccccc13)CCCC2)c1ccc(CCO)cc1. The molecule has 2 atom stereocenters. The van der Waals surface area contributed by atoms with Gasteiger partial charge in [0.15, 0.2) is 0 Å². The number of benzene rings is 2. The highest BCUT2D eigenvalue weighted by atomic mass is 35.5. The summed E-state index contributed by atoms with van der Waals surface area (Å²) in [5.74, 6) is 0. The Balaban J connectivity index is 0.00000150. The zero-order valence-electron chi connectivity index (χ0n) is 16.6. The van der Waals surface area contributed by atoms with Gasteiger partial charge in [-0.25, -0.2) is 0 Å². The van der Waals surface area contributed by atoms with Crippen LogP contribution in [-0.4, -0.2) is 16.3 Å². The molecule has 2 unspecified atom stereocenters. The van der Waals surface area contributed by atoms with Crippen LogP contribution in [0.15, 0.2) is 48.5 Å². The van der Waals surface area contributed by atoms with E-state index in [4.69, 9.17) is 16.6 Å². The van der Waals surface area contributed by atoms with Crippen LogP contribution in [0.1, 0.15) is 53.7 Å². The lowest BCUT2D eigenvalue weighted by Crippen LogP contribution is -2.21. The molecular weight excluding hydrogens is 405 g/mol. The van der Waals surface area contributed by atoms with E-state index < -0.39 is 0 Å². The van der Waals surface area contributed by atoms with Gasteiger partial charge in [0.1, 0.15) is 0 Å². The lowest BCUT2D eigenvalue weighted by molar-refractivity contribution is 0.299. The third-order valence-corrected chi connectivity index (χ3v) is 5.85. The van der Waals surface area contributed by atoms with Crippen LogP contribution in [0.5, 0.6) is 0 Å². The summed E-state index contributed by atoms with van der Waals surface area (Å²) in [5.41, 5.74) is 19.5. The molecule has 4 rings (SSSR count). The molecule has 0 fully saturated rings. The standard InChI is InChI=1S/C23H29N3O.2ClH/c24-19(17-10-8-16(9-11-17)12-14-27)15-20(25)23-18-5-1-2-6-21(18)26-13-4-3-7-22(23)26;;/h1-2,5-6,8-11,19-20,27H,3-4,7,12-15,24-25H2;2*1H. The molecule has 2 aromatic carbocycles. The Morgan fingerprint density at radius 1 is 0.931 bits per heavy atom. The van der Waals surface area contributed by atoms with Crippen molar-refractivity contribution in [3.8, 4) is 0 Å². The molecule has 4 nitrogen and oxygen atoms in total. The number of aliphatic hydroxyl groups excluding tert-OH is 1. The zero-order chi connectivity index (χ0) is 18.8. The maximum absolute atomic E-state index is 9.06. The van der Waals surface area contributed by atoms with E-state index in [1.807, 2.05) is 12.1 Å². The number of rotatable bonds is 6. The van der Waals surface area contributed by atoms with E-state index in [-0.39, 0.29) is 43.5 Å². The quantitative estimate of drug-likeness (QED) is 0.535. The number of hydrogen-bond donors (Lipinski definition) is 3. The molecule has 0 bridgehead atoms. The predicted molar refractivity (Wildman–Crippen MR) is 125 cm³/mol. The van der Waals surface area contributed by atoms with Gasteiger partial charge in [0.2, 0.25) is 0 Å². The molecule has 158 valence electrons. The first-order valence-electron chi connectivity index (χ1n) is 10.00. The van der Waals surface area contributed by atoms with Crippen molar-refractivity contribution < 1.29 is 5.11 Å². The highest BCUT2D eigenvalue weighted by Gasteiger charge is 2.24. The first-order chi connectivity index (χ1) is 13.2. The highest BCUT2D eigenvalue weighted by molar-refractivity contribution is 5.86. The van der Waals surface area contributed by atoms with Crippen LogP contribution in [0, 0.1) is 0 Å². The maximum atomic E-state index is 9.06. The van der Waals surface area contributed by atoms with Gasteiger partial charge in [-0.1, -0.05) is 42.5 Å². The Morgan fingerprint density at radius 2 is 1.66 bits per heavy atom. The molecule has 0 saturated heterocycles. The second-order valence-electron chi connectivity index (χ2n) is 7.65. The van der Waals surface area contributed by atoms with Crippen molar-refractivity contribution in [3.05, 3.63) is 70.9 Å². The average molecular weight is 436 g/mol. The van der Waals surface area contributed by atoms with Gasteiger partial charge in [-0.2, -0.15) is 0 Å². The number of hydrogen-bond acceptors (Lipinski definition) is 3. The summed E-state index contributed by atoms with van der Waals surface area (Å²) >= 11 is 0. The first kappa shape index (κ1) is 23.7. The third kappa shape index (κ3) is 4.79. The monoisotopic (exact) mass is 435 g/mol. The number of para-hydroxylation sites is 1. The fourth-order valence-electron chi connectivity index (χ4n) is 4.47. The summed E-state index contributed by atoms with van der Waals surface area (Å²) in [4.78, 5) is 0. The number of halogens is 2. The topological polar surface area (TPSA) is 77.2 Å². The van der Waals surface area contributed by atoms with Crippen LogP contribution < -0.4 is 11.5 Å². The van der Waals surface area contributed by atoms with Gasteiger partial charge in [-0.05, 0) is 54.9 Å². The Hall–Kier alpha value is -1.56. The molecule has 0 amide bonds. The molecule has 0 spiro atoms. The fraction of sp³-hybridized carbons (Fsp3) is 0.391. The summed E-state index contributed by atoms with van der Waals surface area (Å²) in [6.45, 7) is 1.25. The van der Waals surface area contributed by atoms with Crippen molar-refractivity contribution in [1.82, 2.24) is 4.57 Å². The van der Waals surface area contributed by atoms with Crippen molar-refractivity contribution in [2.24, 2.45) is 11.5 Å². The summed E-state index contributed by atoms with van der Waals surface area (Å²) in [5, 5.41) is 10.3. The normalized spacial score (nSPS) is 15.1. The average Bonchev–Trinajstić information content (AvgIpc) is 3.03. The molecule has 0 radical (unpaired) electrons. The Bertz CT molecular complexity index is 924. The van der Waals surface area contributed by atoms with Gasteiger partial charge in [0.05, 0.1) is 0 Å². The van der Waals surface area contributed by atoms with Crippen LogP contribution in [0.25, 0.3) is 10.9 Å². The highest BCUT2D eigenvalue weighted by Crippen LogP contribution is 2.36. The van der Waals surface area contributed by atoms with E-state index in [2.05, 4.69) is 41.0 Å². The minimum atomic E-state index is -0.0962. The van der Waals surface area contributed by atoms with E-state index >= 15 is 0 Å². The largest absolute Gasteiger partial charge is 0.396 e. The fourth-order valence-corrected chi connectivity index (χ4v) is 4.47. The minimum absolute atomic E-state index is 0. The van der Waals surface area contributed by atoms with Crippen LogP contribution in [0.4, 0.5) is 0 Å². The lowest BCUT2D eigenvalue weighted by atomic mass is 9.92. The smallest absolute Gasteiger partial charge is 0.0485 e. The molecular formula is C23H31Cl2N3O. The predicted octanol–water partition coefficient (Wildman–Crippen LogP) is 4.45. The molecule has 3 aromatic rings. The van der Waals surface area contributed by atoms with E-state index in [9.17, 15) is 0 Å². The second-order valence-corrected chi connectivity index (χ2v) is 7.65. The summed E-state index contributed by atoms with van der Waals surface area (Å²) in [7, 11) is 0. The van der Waals surface area contributed by atoms with Gasteiger partial charge in [0.25, 0.3) is 0 Å². The number of aromatic nitrogens is 1. The minimum Gasteiger partial charge on any atom is -0.396 e. The zero-order valence-corrected chi connectivity index (χ0v) is 18.2. The molecule has 0 saturated carbocycles. The van der Waals surface area contributed by atoms with Gasteiger partial charge >= 0.3 is 0 Å². The van der Waals surface area contributed by atoms with Gasteiger partial charge < -0.3 is 21.1 Å². The van der Waals surface area contributed by atoms with Crippen molar-refractivity contribution in [2.45, 2.75) is 50.7 Å². The molecule has 5 N–H and O–H groups in total. The molecule has 29 heavy (non-hydrogen) atoms. The van der Waals surface area contributed by atoms with Crippen LogP contribution in [0.2, 0.25) is 0 Å². The van der Waals surface area contributed by atoms with Gasteiger partial charge in [0, 0.05) is 41.8 Å². The van der Waals surface area contributed by atoms with Crippen molar-refractivity contribution in [1.29, 1.82) is 0 Å². The lowest BCUT2D eigenvalue weighted by Gasteiger charge is -2.22. The van der Waals surface area contributed by atoms with Crippen LogP contribution in [0.3, 0.4) is 0 Å². The molecule has 1 aliphatic rings. The number of aliphatic hydroxyl groups is 1.